The van der Waals surface area contributed by atoms with Gasteiger partial charge in [-0.25, -0.2) is 0 Å². The SMILES string of the molecule is C=C/C=C/C1=CCC=C(CN[C@@H](CC)C(=O)NC(C)(C#N)CC)C=C1. The highest BCUT2D eigenvalue weighted by molar-refractivity contribution is 5.82. The largest absolute Gasteiger partial charge is 0.337 e. The van der Waals surface area contributed by atoms with Crippen molar-refractivity contribution in [3.63, 3.8) is 0 Å². The van der Waals surface area contributed by atoms with E-state index in [2.05, 4.69) is 47.6 Å². The van der Waals surface area contributed by atoms with E-state index in [-0.39, 0.29) is 11.9 Å². The second-order valence-corrected chi connectivity index (χ2v) is 6.28. The number of allylic oxidation sites excluding steroid dienone is 7. The molecule has 1 aliphatic rings. The summed E-state index contributed by atoms with van der Waals surface area (Å²) in [4.78, 5) is 12.4. The minimum atomic E-state index is -0.815. The number of amides is 1. The van der Waals surface area contributed by atoms with Crippen molar-refractivity contribution >= 4 is 5.91 Å². The molecule has 1 rings (SSSR count). The Morgan fingerprint density at radius 1 is 1.44 bits per heavy atom. The highest BCUT2D eigenvalue weighted by Gasteiger charge is 2.27. The van der Waals surface area contributed by atoms with Crippen molar-refractivity contribution in [2.45, 2.75) is 51.6 Å². The molecule has 4 nitrogen and oxygen atoms in total. The Hall–Kier alpha value is -2.38. The summed E-state index contributed by atoms with van der Waals surface area (Å²) in [6.45, 7) is 9.90. The number of nitrogens with zero attached hydrogens (tertiary/aromatic N) is 1. The van der Waals surface area contributed by atoms with Gasteiger partial charge >= 0.3 is 0 Å². The van der Waals surface area contributed by atoms with Gasteiger partial charge in [0.1, 0.15) is 5.54 Å². The molecule has 0 fully saturated rings. The van der Waals surface area contributed by atoms with Crippen LogP contribution in [0.3, 0.4) is 0 Å². The normalized spacial score (nSPS) is 17.7. The highest BCUT2D eigenvalue weighted by atomic mass is 16.2. The Morgan fingerprint density at radius 3 is 2.80 bits per heavy atom. The summed E-state index contributed by atoms with van der Waals surface area (Å²) >= 11 is 0. The number of rotatable bonds is 9. The van der Waals surface area contributed by atoms with Crippen LogP contribution in [0.1, 0.15) is 40.0 Å². The predicted octanol–water partition coefficient (Wildman–Crippen LogP) is 3.72. The number of hydrogen-bond acceptors (Lipinski definition) is 3. The molecule has 0 saturated heterocycles. The monoisotopic (exact) mass is 339 g/mol. The number of nitriles is 1. The fraction of sp³-hybridized carbons (Fsp3) is 0.429. The van der Waals surface area contributed by atoms with Crippen molar-refractivity contribution in [3.8, 4) is 6.07 Å². The highest BCUT2D eigenvalue weighted by Crippen LogP contribution is 2.12. The molecule has 25 heavy (non-hydrogen) atoms. The molecule has 0 aromatic rings. The first-order chi connectivity index (χ1) is 12.0. The van der Waals surface area contributed by atoms with Crippen molar-refractivity contribution in [3.05, 3.63) is 60.3 Å². The van der Waals surface area contributed by atoms with Crippen molar-refractivity contribution in [1.82, 2.24) is 10.6 Å². The van der Waals surface area contributed by atoms with Crippen molar-refractivity contribution in [2.24, 2.45) is 0 Å². The van der Waals surface area contributed by atoms with Gasteiger partial charge in [-0.2, -0.15) is 5.26 Å². The zero-order valence-electron chi connectivity index (χ0n) is 15.5. The van der Waals surface area contributed by atoms with Crippen LogP contribution in [0.4, 0.5) is 0 Å². The first-order valence-corrected chi connectivity index (χ1v) is 8.81. The van der Waals surface area contributed by atoms with Gasteiger partial charge in [0.05, 0.1) is 12.1 Å². The summed E-state index contributed by atoms with van der Waals surface area (Å²) in [5.74, 6) is -0.126. The van der Waals surface area contributed by atoms with Gasteiger partial charge in [-0.3, -0.25) is 4.79 Å². The summed E-state index contributed by atoms with van der Waals surface area (Å²) in [5, 5.41) is 15.4. The predicted molar refractivity (Wildman–Crippen MR) is 104 cm³/mol. The number of nitrogens with one attached hydrogen (secondary N) is 2. The number of carbonyl (C=O) groups excluding carboxylic acids is 1. The standard InChI is InChI=1S/C21H29N3O/c1-5-8-10-17-11-9-12-18(14-13-17)15-23-19(6-2)20(25)24-21(4,7-3)16-22/h5,8,10-14,19,23H,1,6-7,9,15H2,2-4H3,(H,24,25)/b10-8+/t19-,21?/m0/s1. The molecule has 2 N–H and O–H groups in total. The third-order valence-corrected chi connectivity index (χ3v) is 4.28. The average molecular weight is 339 g/mol. The van der Waals surface area contributed by atoms with E-state index < -0.39 is 5.54 Å². The zero-order chi connectivity index (χ0) is 18.7. The molecule has 0 heterocycles. The quantitative estimate of drug-likeness (QED) is 0.629. The van der Waals surface area contributed by atoms with Gasteiger partial charge in [0, 0.05) is 6.54 Å². The Kier molecular flexibility index (Phi) is 8.66. The van der Waals surface area contributed by atoms with E-state index in [0.717, 1.165) is 17.6 Å². The summed E-state index contributed by atoms with van der Waals surface area (Å²) in [7, 11) is 0. The molecule has 0 aromatic heterocycles. The molecule has 0 radical (unpaired) electrons. The maximum Gasteiger partial charge on any atom is 0.238 e. The molecular weight excluding hydrogens is 310 g/mol. The van der Waals surface area contributed by atoms with Gasteiger partial charge < -0.3 is 10.6 Å². The molecule has 4 heteroatoms. The Labute approximate surface area is 151 Å². The lowest BCUT2D eigenvalue weighted by Crippen LogP contribution is -2.52. The average Bonchev–Trinajstić information content (AvgIpc) is 2.85. The van der Waals surface area contributed by atoms with E-state index in [0.29, 0.717) is 19.4 Å². The smallest absolute Gasteiger partial charge is 0.238 e. The lowest BCUT2D eigenvalue weighted by Gasteiger charge is -2.25. The van der Waals surface area contributed by atoms with E-state index in [9.17, 15) is 10.1 Å². The molecule has 1 unspecified atom stereocenters. The Balaban J connectivity index is 2.62. The second kappa shape index (κ2) is 10.5. The van der Waals surface area contributed by atoms with E-state index in [1.54, 1.807) is 13.0 Å². The number of hydrogen-bond donors (Lipinski definition) is 2. The van der Waals surface area contributed by atoms with E-state index in [1.807, 2.05) is 26.0 Å². The minimum absolute atomic E-state index is 0.126. The van der Waals surface area contributed by atoms with E-state index >= 15 is 0 Å². The molecule has 1 amide bonds. The number of carbonyl (C=O) groups is 1. The molecule has 0 aromatic carbocycles. The first-order valence-electron chi connectivity index (χ1n) is 8.81. The molecule has 0 bridgehead atoms. The summed E-state index contributed by atoms with van der Waals surface area (Å²) in [5.41, 5.74) is 1.47. The van der Waals surface area contributed by atoms with Crippen LogP contribution in [0, 0.1) is 11.3 Å². The molecule has 0 spiro atoms. The van der Waals surface area contributed by atoms with Crippen LogP contribution < -0.4 is 10.6 Å². The first kappa shape index (κ1) is 20.7. The van der Waals surface area contributed by atoms with Gasteiger partial charge in [-0.15, -0.1) is 0 Å². The maximum atomic E-state index is 12.4. The molecule has 1 aliphatic carbocycles. The Morgan fingerprint density at radius 2 is 2.20 bits per heavy atom. The molecule has 0 aliphatic heterocycles. The lowest BCUT2D eigenvalue weighted by atomic mass is 10.00. The van der Waals surface area contributed by atoms with Crippen LogP contribution in [-0.2, 0) is 4.79 Å². The third-order valence-electron chi connectivity index (χ3n) is 4.28. The topological polar surface area (TPSA) is 64.9 Å². The van der Waals surface area contributed by atoms with Crippen LogP contribution in [0.25, 0.3) is 0 Å². The van der Waals surface area contributed by atoms with Gasteiger partial charge in [-0.1, -0.05) is 63.0 Å². The van der Waals surface area contributed by atoms with Crippen molar-refractivity contribution in [1.29, 1.82) is 5.26 Å². The molecular formula is C21H29N3O. The third kappa shape index (κ3) is 6.94. The fourth-order valence-electron chi connectivity index (χ4n) is 2.34. The summed E-state index contributed by atoms with van der Waals surface area (Å²) in [6, 6.07) is 1.86. The van der Waals surface area contributed by atoms with Crippen molar-refractivity contribution < 1.29 is 4.79 Å². The van der Waals surface area contributed by atoms with Crippen LogP contribution in [0.15, 0.2) is 60.3 Å². The van der Waals surface area contributed by atoms with Crippen LogP contribution in [-0.4, -0.2) is 24.0 Å². The van der Waals surface area contributed by atoms with E-state index in [1.165, 1.54) is 0 Å². The molecule has 134 valence electrons. The van der Waals surface area contributed by atoms with Gasteiger partial charge in [0.15, 0.2) is 0 Å². The zero-order valence-corrected chi connectivity index (χ0v) is 15.5. The van der Waals surface area contributed by atoms with Crippen LogP contribution in [0.2, 0.25) is 0 Å². The van der Waals surface area contributed by atoms with Crippen LogP contribution in [0.5, 0.6) is 0 Å². The molecule has 2 atom stereocenters. The minimum Gasteiger partial charge on any atom is -0.337 e. The summed E-state index contributed by atoms with van der Waals surface area (Å²) < 4.78 is 0. The van der Waals surface area contributed by atoms with Gasteiger partial charge in [0.25, 0.3) is 0 Å². The lowest BCUT2D eigenvalue weighted by molar-refractivity contribution is -0.124. The van der Waals surface area contributed by atoms with Crippen LogP contribution >= 0.6 is 0 Å². The molecule has 0 saturated carbocycles. The van der Waals surface area contributed by atoms with Crippen molar-refractivity contribution in [2.75, 3.05) is 6.54 Å². The Bertz CT molecular complexity index is 634. The summed E-state index contributed by atoms with van der Waals surface area (Å²) in [6.07, 6.45) is 16.2. The van der Waals surface area contributed by atoms with Gasteiger partial charge in [0.2, 0.25) is 5.91 Å². The van der Waals surface area contributed by atoms with E-state index in [4.69, 9.17) is 0 Å². The van der Waals surface area contributed by atoms with Gasteiger partial charge in [-0.05, 0) is 37.3 Å². The maximum absolute atomic E-state index is 12.4. The fourth-order valence-corrected chi connectivity index (χ4v) is 2.34. The second-order valence-electron chi connectivity index (χ2n) is 6.28.